The molecule has 3 aromatic heterocycles. The molecular weight excluding hydrogens is 444 g/mol. The molecule has 0 spiro atoms. The number of aromatic nitrogens is 1. The standard InChI is InChI=1S/C23H22N4O5S/c24-12-17-22(32-21(25-17)18-5-3-11-30-18)27-9-7-26(8-10-27)20(28)13-31-23(29)16-14-33-19-6-2-1-4-15(16)19/h3,5,11,14H,1-2,4,6-10,13H2. The predicted molar refractivity (Wildman–Crippen MR) is 119 cm³/mol. The molecule has 2 aliphatic rings. The average Bonchev–Trinajstić information content (AvgIpc) is 3.61. The van der Waals surface area contributed by atoms with E-state index in [0.717, 1.165) is 31.2 Å². The van der Waals surface area contributed by atoms with Gasteiger partial charge in [-0.15, -0.1) is 11.3 Å². The first-order valence-corrected chi connectivity index (χ1v) is 11.8. The number of rotatable bonds is 5. The van der Waals surface area contributed by atoms with E-state index in [9.17, 15) is 14.9 Å². The zero-order valence-electron chi connectivity index (χ0n) is 17.9. The topological polar surface area (TPSA) is 113 Å². The minimum absolute atomic E-state index is 0.175. The van der Waals surface area contributed by atoms with Crippen LogP contribution in [0.4, 0.5) is 5.88 Å². The second-order valence-corrected chi connectivity index (χ2v) is 8.93. The van der Waals surface area contributed by atoms with E-state index in [4.69, 9.17) is 13.6 Å². The van der Waals surface area contributed by atoms with Gasteiger partial charge < -0.3 is 23.4 Å². The highest BCUT2D eigenvalue weighted by Crippen LogP contribution is 2.31. The van der Waals surface area contributed by atoms with Gasteiger partial charge in [0.1, 0.15) is 6.07 Å². The maximum Gasteiger partial charge on any atom is 0.339 e. The summed E-state index contributed by atoms with van der Waals surface area (Å²) in [6, 6.07) is 5.48. The molecule has 9 nitrogen and oxygen atoms in total. The molecule has 5 rings (SSSR count). The fraction of sp³-hybridized carbons (Fsp3) is 0.391. The Morgan fingerprint density at radius 1 is 1.21 bits per heavy atom. The maximum atomic E-state index is 12.6. The van der Waals surface area contributed by atoms with Crippen molar-refractivity contribution in [3.63, 3.8) is 0 Å². The van der Waals surface area contributed by atoms with E-state index in [1.54, 1.807) is 28.4 Å². The fourth-order valence-corrected chi connectivity index (χ4v) is 5.34. The summed E-state index contributed by atoms with van der Waals surface area (Å²) < 4.78 is 16.4. The van der Waals surface area contributed by atoms with Gasteiger partial charge in [0.25, 0.3) is 11.8 Å². The van der Waals surface area contributed by atoms with Crippen molar-refractivity contribution in [3.8, 4) is 17.7 Å². The van der Waals surface area contributed by atoms with Gasteiger partial charge in [-0.2, -0.15) is 10.2 Å². The number of aryl methyl sites for hydroxylation is 1. The Kier molecular flexibility index (Phi) is 5.88. The Morgan fingerprint density at radius 2 is 2.03 bits per heavy atom. The number of esters is 1. The molecular formula is C23H22N4O5S. The number of oxazole rings is 1. The van der Waals surface area contributed by atoms with Crippen molar-refractivity contribution in [2.75, 3.05) is 37.7 Å². The Hall–Kier alpha value is -3.58. The van der Waals surface area contributed by atoms with Crippen molar-refractivity contribution < 1.29 is 23.2 Å². The molecule has 0 atom stereocenters. The van der Waals surface area contributed by atoms with Crippen molar-refractivity contribution in [3.05, 3.63) is 45.5 Å². The van der Waals surface area contributed by atoms with Gasteiger partial charge in [-0.3, -0.25) is 4.79 Å². The van der Waals surface area contributed by atoms with Crippen LogP contribution < -0.4 is 4.90 Å². The molecule has 0 unspecified atom stereocenters. The first kappa shape index (κ1) is 21.3. The first-order chi connectivity index (χ1) is 16.1. The molecule has 3 aromatic rings. The number of piperazine rings is 1. The van der Waals surface area contributed by atoms with E-state index in [1.807, 2.05) is 10.3 Å². The lowest BCUT2D eigenvalue weighted by Crippen LogP contribution is -2.50. The minimum atomic E-state index is -0.424. The fourth-order valence-electron chi connectivity index (χ4n) is 4.23. The van der Waals surface area contributed by atoms with Gasteiger partial charge in [-0.1, -0.05) is 0 Å². The molecule has 1 fully saturated rings. The van der Waals surface area contributed by atoms with Crippen LogP contribution in [-0.2, 0) is 22.4 Å². The molecule has 1 amide bonds. The summed E-state index contributed by atoms with van der Waals surface area (Å²) in [5, 5.41) is 11.3. The second-order valence-electron chi connectivity index (χ2n) is 7.96. The van der Waals surface area contributed by atoms with Crippen LogP contribution in [0.5, 0.6) is 0 Å². The van der Waals surface area contributed by atoms with E-state index >= 15 is 0 Å². The molecule has 1 aliphatic carbocycles. The number of anilines is 1. The molecule has 1 saturated heterocycles. The quantitative estimate of drug-likeness (QED) is 0.527. The number of carbonyl (C=O) groups is 2. The summed E-state index contributed by atoms with van der Waals surface area (Å²) in [7, 11) is 0. The van der Waals surface area contributed by atoms with Crippen LogP contribution in [0.3, 0.4) is 0 Å². The number of nitriles is 1. The summed E-state index contributed by atoms with van der Waals surface area (Å²) in [5.41, 5.74) is 1.87. The Bertz CT molecular complexity index is 1200. The number of amides is 1. The normalized spacial score (nSPS) is 15.7. The summed E-state index contributed by atoms with van der Waals surface area (Å²) in [6.45, 7) is 1.51. The summed E-state index contributed by atoms with van der Waals surface area (Å²) in [6.07, 6.45) is 5.65. The van der Waals surface area contributed by atoms with Crippen LogP contribution in [0.1, 0.15) is 39.3 Å². The van der Waals surface area contributed by atoms with Gasteiger partial charge in [-0.25, -0.2) is 4.79 Å². The Labute approximate surface area is 194 Å². The second kappa shape index (κ2) is 9.11. The molecule has 0 N–H and O–H groups in total. The maximum absolute atomic E-state index is 12.6. The number of furan rings is 1. The van der Waals surface area contributed by atoms with Crippen LogP contribution >= 0.6 is 11.3 Å². The smallest absolute Gasteiger partial charge is 0.339 e. The molecule has 1 aliphatic heterocycles. The minimum Gasteiger partial charge on any atom is -0.459 e. The molecule has 33 heavy (non-hydrogen) atoms. The molecule has 0 radical (unpaired) electrons. The van der Waals surface area contributed by atoms with Crippen LogP contribution in [0, 0.1) is 11.3 Å². The zero-order valence-corrected chi connectivity index (χ0v) is 18.7. The van der Waals surface area contributed by atoms with Crippen molar-refractivity contribution >= 4 is 29.1 Å². The number of fused-ring (bicyclic) bond motifs is 1. The van der Waals surface area contributed by atoms with Gasteiger partial charge in [0, 0.05) is 36.4 Å². The van der Waals surface area contributed by atoms with Gasteiger partial charge in [0.15, 0.2) is 12.4 Å². The highest BCUT2D eigenvalue weighted by atomic mass is 32.1. The molecule has 0 saturated carbocycles. The van der Waals surface area contributed by atoms with E-state index < -0.39 is 5.97 Å². The monoisotopic (exact) mass is 466 g/mol. The Morgan fingerprint density at radius 3 is 2.79 bits per heavy atom. The number of thiophene rings is 1. The van der Waals surface area contributed by atoms with Crippen molar-refractivity contribution in [2.45, 2.75) is 25.7 Å². The lowest BCUT2D eigenvalue weighted by molar-refractivity contribution is -0.134. The average molecular weight is 467 g/mol. The molecule has 10 heteroatoms. The summed E-state index contributed by atoms with van der Waals surface area (Å²) >= 11 is 1.60. The summed E-state index contributed by atoms with van der Waals surface area (Å²) in [4.78, 5) is 34.1. The molecule has 4 heterocycles. The predicted octanol–water partition coefficient (Wildman–Crippen LogP) is 3.25. The number of nitrogens with zero attached hydrogens (tertiary/aromatic N) is 4. The van der Waals surface area contributed by atoms with Crippen LogP contribution in [-0.4, -0.2) is 54.5 Å². The largest absolute Gasteiger partial charge is 0.459 e. The Balaban J connectivity index is 1.16. The van der Waals surface area contributed by atoms with Crippen molar-refractivity contribution in [1.29, 1.82) is 5.26 Å². The van der Waals surface area contributed by atoms with E-state index in [0.29, 0.717) is 43.4 Å². The zero-order chi connectivity index (χ0) is 22.8. The summed E-state index contributed by atoms with van der Waals surface area (Å²) in [5.74, 6) is 0.395. The van der Waals surface area contributed by atoms with Gasteiger partial charge >= 0.3 is 5.97 Å². The van der Waals surface area contributed by atoms with Crippen molar-refractivity contribution in [2.24, 2.45) is 0 Å². The third-order valence-corrected chi connectivity index (χ3v) is 7.06. The third-order valence-electron chi connectivity index (χ3n) is 5.97. The van der Waals surface area contributed by atoms with Crippen LogP contribution in [0.15, 0.2) is 32.6 Å². The molecule has 0 aromatic carbocycles. The third kappa shape index (κ3) is 4.24. The van der Waals surface area contributed by atoms with E-state index in [-0.39, 0.29) is 24.1 Å². The van der Waals surface area contributed by atoms with Gasteiger partial charge in [0.2, 0.25) is 11.6 Å². The van der Waals surface area contributed by atoms with Gasteiger partial charge in [0.05, 0.1) is 11.8 Å². The number of carbonyl (C=O) groups excluding carboxylic acids is 2. The van der Waals surface area contributed by atoms with E-state index in [2.05, 4.69) is 11.1 Å². The lowest BCUT2D eigenvalue weighted by atomic mass is 9.96. The lowest BCUT2D eigenvalue weighted by Gasteiger charge is -2.34. The highest BCUT2D eigenvalue weighted by molar-refractivity contribution is 7.10. The highest BCUT2D eigenvalue weighted by Gasteiger charge is 2.28. The van der Waals surface area contributed by atoms with E-state index in [1.165, 1.54) is 11.1 Å². The van der Waals surface area contributed by atoms with Gasteiger partial charge in [-0.05, 0) is 43.4 Å². The van der Waals surface area contributed by atoms with Crippen molar-refractivity contribution in [1.82, 2.24) is 9.88 Å². The number of hydrogen-bond acceptors (Lipinski definition) is 9. The first-order valence-electron chi connectivity index (χ1n) is 10.9. The molecule has 0 bridgehead atoms. The molecule has 170 valence electrons. The van der Waals surface area contributed by atoms with Crippen LogP contribution in [0.2, 0.25) is 0 Å². The SMILES string of the molecule is N#Cc1nc(-c2ccco2)oc1N1CCN(C(=O)COC(=O)c2csc3c2CCCC3)CC1. The number of ether oxygens (including phenoxy) is 1. The van der Waals surface area contributed by atoms with Crippen LogP contribution in [0.25, 0.3) is 11.7 Å². The number of hydrogen-bond donors (Lipinski definition) is 0.